The van der Waals surface area contributed by atoms with Crippen LogP contribution in [0.1, 0.15) is 28.4 Å². The predicted octanol–water partition coefficient (Wildman–Crippen LogP) is 4.76. The van der Waals surface area contributed by atoms with Gasteiger partial charge in [0, 0.05) is 17.0 Å². The average Bonchev–Trinajstić information content (AvgIpc) is 3.06. The van der Waals surface area contributed by atoms with Crippen LogP contribution in [0.3, 0.4) is 0 Å². The second-order valence-corrected chi connectivity index (χ2v) is 6.62. The molecule has 0 aliphatic heterocycles. The lowest BCUT2D eigenvalue weighted by Crippen LogP contribution is -2.04. The molecule has 3 rings (SSSR count). The van der Waals surface area contributed by atoms with Crippen LogP contribution in [0.15, 0.2) is 33.9 Å². The SMILES string of the molecule is Cc1nc(SCc2nc(-c3ccc(C(F)(F)F)cc3)no2)nc(C)c1C. The molecule has 3 aromatic rings. The molecule has 0 saturated carbocycles. The lowest BCUT2D eigenvalue weighted by atomic mass is 10.1. The molecule has 0 fully saturated rings. The van der Waals surface area contributed by atoms with Crippen molar-refractivity contribution in [3.05, 3.63) is 52.7 Å². The number of aryl methyl sites for hydroxylation is 2. The maximum Gasteiger partial charge on any atom is 0.416 e. The number of alkyl halides is 3. The lowest BCUT2D eigenvalue weighted by molar-refractivity contribution is -0.137. The fourth-order valence-electron chi connectivity index (χ4n) is 2.17. The molecule has 26 heavy (non-hydrogen) atoms. The number of benzene rings is 1. The predicted molar refractivity (Wildman–Crippen MR) is 90.5 cm³/mol. The summed E-state index contributed by atoms with van der Waals surface area (Å²) in [6, 6.07) is 4.62. The fourth-order valence-corrected chi connectivity index (χ4v) is 2.94. The molecule has 0 aliphatic carbocycles. The van der Waals surface area contributed by atoms with Gasteiger partial charge in [-0.2, -0.15) is 18.2 Å². The number of halogens is 3. The molecule has 0 atom stereocenters. The maximum atomic E-state index is 12.6. The highest BCUT2D eigenvalue weighted by atomic mass is 32.2. The second-order valence-electron chi connectivity index (χ2n) is 5.68. The number of nitrogens with zero attached hydrogens (tertiary/aromatic N) is 4. The highest BCUT2D eigenvalue weighted by molar-refractivity contribution is 7.98. The molecule has 5 nitrogen and oxygen atoms in total. The summed E-state index contributed by atoms with van der Waals surface area (Å²) in [4.78, 5) is 13.0. The van der Waals surface area contributed by atoms with Gasteiger partial charge in [-0.15, -0.1) is 0 Å². The van der Waals surface area contributed by atoms with E-state index in [4.69, 9.17) is 4.52 Å². The van der Waals surface area contributed by atoms with E-state index in [1.165, 1.54) is 23.9 Å². The average molecular weight is 380 g/mol. The van der Waals surface area contributed by atoms with Gasteiger partial charge in [0.05, 0.1) is 11.3 Å². The third-order valence-corrected chi connectivity index (χ3v) is 4.71. The summed E-state index contributed by atoms with van der Waals surface area (Å²) in [7, 11) is 0. The van der Waals surface area contributed by atoms with Gasteiger partial charge >= 0.3 is 6.18 Å². The summed E-state index contributed by atoms with van der Waals surface area (Å²) >= 11 is 1.36. The molecule has 1 aromatic carbocycles. The van der Waals surface area contributed by atoms with Crippen molar-refractivity contribution >= 4 is 11.8 Å². The molecule has 0 aliphatic rings. The van der Waals surface area contributed by atoms with Crippen LogP contribution in [-0.2, 0) is 11.9 Å². The molecule has 0 spiro atoms. The number of hydrogen-bond acceptors (Lipinski definition) is 6. The Labute approximate surface area is 152 Å². The molecule has 2 heterocycles. The summed E-state index contributed by atoms with van der Waals surface area (Å²) in [6.45, 7) is 5.81. The Morgan fingerprint density at radius 1 is 0.962 bits per heavy atom. The Morgan fingerprint density at radius 2 is 1.58 bits per heavy atom. The second kappa shape index (κ2) is 7.06. The van der Waals surface area contributed by atoms with Gasteiger partial charge in [-0.25, -0.2) is 9.97 Å². The molecule has 9 heteroatoms. The normalized spacial score (nSPS) is 11.8. The molecular weight excluding hydrogens is 365 g/mol. The molecular formula is C17H15F3N4OS. The van der Waals surface area contributed by atoms with E-state index in [1.807, 2.05) is 20.8 Å². The van der Waals surface area contributed by atoms with Crippen LogP contribution in [0.2, 0.25) is 0 Å². The largest absolute Gasteiger partial charge is 0.416 e. The zero-order valence-electron chi connectivity index (χ0n) is 14.3. The molecule has 0 radical (unpaired) electrons. The van der Waals surface area contributed by atoms with Crippen LogP contribution in [0, 0.1) is 20.8 Å². The van der Waals surface area contributed by atoms with Gasteiger partial charge in [-0.05, 0) is 38.5 Å². The maximum absolute atomic E-state index is 12.6. The minimum Gasteiger partial charge on any atom is -0.338 e. The third-order valence-electron chi connectivity index (χ3n) is 3.88. The fraction of sp³-hybridized carbons (Fsp3) is 0.294. The first kappa shape index (κ1) is 18.4. The minimum atomic E-state index is -4.37. The lowest BCUT2D eigenvalue weighted by Gasteiger charge is -2.05. The molecule has 0 N–H and O–H groups in total. The van der Waals surface area contributed by atoms with Crippen LogP contribution in [0.5, 0.6) is 0 Å². The molecule has 2 aromatic heterocycles. The van der Waals surface area contributed by atoms with Gasteiger partial charge in [0.2, 0.25) is 11.7 Å². The van der Waals surface area contributed by atoms with Crippen molar-refractivity contribution in [3.63, 3.8) is 0 Å². The van der Waals surface area contributed by atoms with Gasteiger partial charge in [0.1, 0.15) is 0 Å². The van der Waals surface area contributed by atoms with Crippen molar-refractivity contribution in [1.82, 2.24) is 20.1 Å². The van der Waals surface area contributed by atoms with Crippen molar-refractivity contribution < 1.29 is 17.7 Å². The van der Waals surface area contributed by atoms with Crippen LogP contribution < -0.4 is 0 Å². The summed E-state index contributed by atoms with van der Waals surface area (Å²) in [5.41, 5.74) is 2.61. The molecule has 0 saturated heterocycles. The Hall–Kier alpha value is -2.42. The molecule has 0 amide bonds. The van der Waals surface area contributed by atoms with Gasteiger partial charge in [-0.1, -0.05) is 29.1 Å². The van der Waals surface area contributed by atoms with Gasteiger partial charge < -0.3 is 4.52 Å². The first-order valence-corrected chi connectivity index (χ1v) is 8.67. The van der Waals surface area contributed by atoms with Crippen molar-refractivity contribution in [2.75, 3.05) is 0 Å². The number of aromatic nitrogens is 4. The van der Waals surface area contributed by atoms with E-state index >= 15 is 0 Å². The van der Waals surface area contributed by atoms with E-state index in [9.17, 15) is 13.2 Å². The van der Waals surface area contributed by atoms with Gasteiger partial charge in [0.15, 0.2) is 5.16 Å². The summed E-state index contributed by atoms with van der Waals surface area (Å²) in [5, 5.41) is 4.43. The third kappa shape index (κ3) is 4.04. The van der Waals surface area contributed by atoms with Crippen LogP contribution in [0.4, 0.5) is 13.2 Å². The van der Waals surface area contributed by atoms with Crippen LogP contribution in [0.25, 0.3) is 11.4 Å². The topological polar surface area (TPSA) is 64.7 Å². The smallest absolute Gasteiger partial charge is 0.338 e. The van der Waals surface area contributed by atoms with Crippen molar-refractivity contribution in [2.45, 2.75) is 37.9 Å². The highest BCUT2D eigenvalue weighted by Crippen LogP contribution is 2.30. The zero-order chi connectivity index (χ0) is 18.9. The van der Waals surface area contributed by atoms with E-state index in [0.717, 1.165) is 29.1 Å². The number of hydrogen-bond donors (Lipinski definition) is 0. The summed E-state index contributed by atoms with van der Waals surface area (Å²) in [5.74, 6) is 0.964. The monoisotopic (exact) mass is 380 g/mol. The van der Waals surface area contributed by atoms with E-state index in [1.54, 1.807) is 0 Å². The van der Waals surface area contributed by atoms with Crippen LogP contribution >= 0.6 is 11.8 Å². The number of thioether (sulfide) groups is 1. The van der Waals surface area contributed by atoms with Gasteiger partial charge in [0.25, 0.3) is 0 Å². The van der Waals surface area contributed by atoms with Gasteiger partial charge in [-0.3, -0.25) is 0 Å². The Kier molecular flexibility index (Phi) is 4.99. The minimum absolute atomic E-state index is 0.242. The van der Waals surface area contributed by atoms with Crippen molar-refractivity contribution in [2.24, 2.45) is 0 Å². The summed E-state index contributed by atoms with van der Waals surface area (Å²) < 4.78 is 43.0. The Bertz CT molecular complexity index is 899. The Balaban J connectivity index is 1.70. The van der Waals surface area contributed by atoms with E-state index in [0.29, 0.717) is 22.4 Å². The van der Waals surface area contributed by atoms with Crippen molar-refractivity contribution in [3.8, 4) is 11.4 Å². The van der Waals surface area contributed by atoms with E-state index in [-0.39, 0.29) is 5.82 Å². The van der Waals surface area contributed by atoms with Crippen LogP contribution in [-0.4, -0.2) is 20.1 Å². The van der Waals surface area contributed by atoms with Crippen molar-refractivity contribution in [1.29, 1.82) is 0 Å². The first-order valence-electron chi connectivity index (χ1n) is 7.69. The zero-order valence-corrected chi connectivity index (χ0v) is 15.1. The summed E-state index contributed by atoms with van der Waals surface area (Å²) in [6.07, 6.45) is -4.37. The number of rotatable bonds is 4. The Morgan fingerprint density at radius 3 is 2.15 bits per heavy atom. The molecule has 0 bridgehead atoms. The quantitative estimate of drug-likeness (QED) is 0.480. The van der Waals surface area contributed by atoms with E-state index in [2.05, 4.69) is 20.1 Å². The highest BCUT2D eigenvalue weighted by Gasteiger charge is 2.30. The van der Waals surface area contributed by atoms with E-state index < -0.39 is 11.7 Å². The molecule has 136 valence electrons. The first-order chi connectivity index (χ1) is 12.2. The molecule has 0 unspecified atom stereocenters. The standard InChI is InChI=1S/C17H15F3N4OS/c1-9-10(2)21-16(22-11(9)3)26-8-14-23-15(24-25-14)12-4-6-13(7-5-12)17(18,19)20/h4-7H,8H2,1-3H3.